The van der Waals surface area contributed by atoms with E-state index < -0.39 is 5.60 Å². The lowest BCUT2D eigenvalue weighted by atomic mass is 10.0. The third-order valence-electron chi connectivity index (χ3n) is 1.74. The Labute approximate surface area is 75.8 Å². The molecule has 1 atom stereocenters. The fourth-order valence-electron chi connectivity index (χ4n) is 0.836. The van der Waals surface area contributed by atoms with Crippen molar-refractivity contribution >= 4 is 0 Å². The maximum absolute atomic E-state index is 11.0. The van der Waals surface area contributed by atoms with E-state index in [1.807, 2.05) is 0 Å². The van der Waals surface area contributed by atoms with Crippen molar-refractivity contribution in [3.63, 3.8) is 0 Å². The number of aliphatic hydroxyl groups is 1. The van der Waals surface area contributed by atoms with Crippen molar-refractivity contribution in [1.82, 2.24) is 9.78 Å². The van der Waals surface area contributed by atoms with Crippen LogP contribution in [0.25, 0.3) is 0 Å². The molecule has 0 saturated heterocycles. The number of aryl methyl sites for hydroxylation is 1. The van der Waals surface area contributed by atoms with E-state index in [2.05, 4.69) is 11.0 Å². The van der Waals surface area contributed by atoms with Crippen molar-refractivity contribution in [3.05, 3.63) is 28.2 Å². The van der Waals surface area contributed by atoms with E-state index in [0.717, 1.165) is 4.68 Å². The highest BCUT2D eigenvalue weighted by molar-refractivity contribution is 5.20. The summed E-state index contributed by atoms with van der Waals surface area (Å²) in [6, 6.07) is 2.73. The number of aromatic nitrogens is 2. The second-order valence-electron chi connectivity index (χ2n) is 2.90. The van der Waals surface area contributed by atoms with Gasteiger partial charge in [-0.1, -0.05) is 5.92 Å². The highest BCUT2D eigenvalue weighted by Gasteiger charge is 2.21. The summed E-state index contributed by atoms with van der Waals surface area (Å²) in [7, 11) is 1.50. The van der Waals surface area contributed by atoms with Crippen LogP contribution in [0.5, 0.6) is 0 Å². The topological polar surface area (TPSA) is 55.1 Å². The first-order valence-corrected chi connectivity index (χ1v) is 3.72. The fourth-order valence-corrected chi connectivity index (χ4v) is 0.836. The van der Waals surface area contributed by atoms with Gasteiger partial charge < -0.3 is 5.11 Å². The normalized spacial score (nSPS) is 14.6. The maximum atomic E-state index is 11.0. The molecule has 0 fully saturated rings. The van der Waals surface area contributed by atoms with Crippen LogP contribution in [-0.4, -0.2) is 14.9 Å². The van der Waals surface area contributed by atoms with Crippen molar-refractivity contribution in [2.45, 2.75) is 12.5 Å². The van der Waals surface area contributed by atoms with Crippen LogP contribution in [0.1, 0.15) is 12.6 Å². The van der Waals surface area contributed by atoms with Gasteiger partial charge in [-0.2, -0.15) is 5.10 Å². The molecule has 0 aliphatic carbocycles. The standard InChI is InChI=1S/C9H10N2O2/c1-4-9(2,13)7-5-6-8(12)11(3)10-7/h1,5-6,13H,2-3H3. The van der Waals surface area contributed by atoms with E-state index in [1.54, 1.807) is 0 Å². The van der Waals surface area contributed by atoms with Gasteiger partial charge >= 0.3 is 0 Å². The molecule has 0 spiro atoms. The van der Waals surface area contributed by atoms with Crippen LogP contribution in [-0.2, 0) is 12.6 Å². The summed E-state index contributed by atoms with van der Waals surface area (Å²) in [5.74, 6) is 2.18. The number of hydrogen-bond acceptors (Lipinski definition) is 3. The highest BCUT2D eigenvalue weighted by atomic mass is 16.3. The molecule has 0 amide bonds. The molecule has 1 N–H and O–H groups in total. The molecule has 1 aromatic rings. The van der Waals surface area contributed by atoms with E-state index in [4.69, 9.17) is 6.42 Å². The average Bonchev–Trinajstić information content (AvgIpc) is 2.09. The molecule has 68 valence electrons. The lowest BCUT2D eigenvalue weighted by Crippen LogP contribution is -2.27. The van der Waals surface area contributed by atoms with Gasteiger partial charge in [0.25, 0.3) is 5.56 Å². The average molecular weight is 178 g/mol. The van der Waals surface area contributed by atoms with Crippen molar-refractivity contribution in [2.24, 2.45) is 7.05 Å². The molecule has 1 heterocycles. The molecular weight excluding hydrogens is 168 g/mol. The summed E-state index contributed by atoms with van der Waals surface area (Å²) in [5.41, 5.74) is -1.38. The zero-order valence-corrected chi connectivity index (χ0v) is 7.48. The Morgan fingerprint density at radius 2 is 2.31 bits per heavy atom. The molecule has 0 aromatic carbocycles. The molecule has 4 nitrogen and oxygen atoms in total. The summed E-state index contributed by atoms with van der Waals surface area (Å²) >= 11 is 0. The van der Waals surface area contributed by atoms with Gasteiger partial charge in [0, 0.05) is 13.1 Å². The minimum Gasteiger partial charge on any atom is -0.372 e. The van der Waals surface area contributed by atoms with Gasteiger partial charge in [-0.15, -0.1) is 6.42 Å². The first-order chi connectivity index (χ1) is 5.97. The molecule has 0 aliphatic heterocycles. The predicted molar refractivity (Wildman–Crippen MR) is 47.9 cm³/mol. The molecule has 4 heteroatoms. The molecular formula is C9H10N2O2. The lowest BCUT2D eigenvalue weighted by Gasteiger charge is -2.15. The summed E-state index contributed by atoms with van der Waals surface area (Å²) < 4.78 is 1.13. The van der Waals surface area contributed by atoms with Crippen LogP contribution < -0.4 is 5.56 Å². The van der Waals surface area contributed by atoms with Gasteiger partial charge in [0.05, 0.1) is 0 Å². The van der Waals surface area contributed by atoms with Gasteiger partial charge in [-0.3, -0.25) is 4.79 Å². The Morgan fingerprint density at radius 3 is 2.77 bits per heavy atom. The maximum Gasteiger partial charge on any atom is 0.266 e. The molecule has 0 radical (unpaired) electrons. The SMILES string of the molecule is C#CC(C)(O)c1ccc(=O)n(C)n1. The van der Waals surface area contributed by atoms with E-state index in [1.165, 1.54) is 26.1 Å². The quantitative estimate of drug-likeness (QED) is 0.596. The number of nitrogens with zero attached hydrogens (tertiary/aromatic N) is 2. The number of hydrogen-bond donors (Lipinski definition) is 1. The van der Waals surface area contributed by atoms with E-state index >= 15 is 0 Å². The second kappa shape index (κ2) is 3.04. The van der Waals surface area contributed by atoms with Crippen LogP contribution in [0.2, 0.25) is 0 Å². The second-order valence-corrected chi connectivity index (χ2v) is 2.90. The third-order valence-corrected chi connectivity index (χ3v) is 1.74. The largest absolute Gasteiger partial charge is 0.372 e. The van der Waals surface area contributed by atoms with E-state index in [0.29, 0.717) is 0 Å². The Hall–Kier alpha value is -1.60. The van der Waals surface area contributed by atoms with Gasteiger partial charge in [-0.25, -0.2) is 4.68 Å². The summed E-state index contributed by atoms with van der Waals surface area (Å²) in [4.78, 5) is 11.0. The zero-order chi connectivity index (χ0) is 10.1. The Kier molecular flexibility index (Phi) is 2.22. The third kappa shape index (κ3) is 1.76. The van der Waals surface area contributed by atoms with Crippen molar-refractivity contribution in [2.75, 3.05) is 0 Å². The minimum atomic E-state index is -1.43. The van der Waals surface area contributed by atoms with E-state index in [9.17, 15) is 9.90 Å². The highest BCUT2D eigenvalue weighted by Crippen LogP contribution is 2.14. The van der Waals surface area contributed by atoms with Crippen LogP contribution in [0.15, 0.2) is 16.9 Å². The molecule has 1 aromatic heterocycles. The molecule has 0 bridgehead atoms. The monoisotopic (exact) mass is 178 g/mol. The number of terminal acetylenes is 1. The molecule has 0 aliphatic rings. The van der Waals surface area contributed by atoms with Crippen LogP contribution >= 0.6 is 0 Å². The zero-order valence-electron chi connectivity index (χ0n) is 7.48. The van der Waals surface area contributed by atoms with Gasteiger partial charge in [0.1, 0.15) is 5.69 Å². The predicted octanol–water partition coefficient (Wildman–Crippen LogP) is -0.379. The van der Waals surface area contributed by atoms with Crippen LogP contribution in [0.4, 0.5) is 0 Å². The van der Waals surface area contributed by atoms with Gasteiger partial charge in [0.2, 0.25) is 0 Å². The Bertz CT molecular complexity index is 412. The summed E-state index contributed by atoms with van der Waals surface area (Å²) in [6.07, 6.45) is 5.10. The van der Waals surface area contributed by atoms with Crippen molar-refractivity contribution in [3.8, 4) is 12.3 Å². The van der Waals surface area contributed by atoms with Crippen molar-refractivity contribution in [1.29, 1.82) is 0 Å². The van der Waals surface area contributed by atoms with Crippen molar-refractivity contribution < 1.29 is 5.11 Å². The fraction of sp³-hybridized carbons (Fsp3) is 0.333. The van der Waals surface area contributed by atoms with Gasteiger partial charge in [-0.05, 0) is 13.0 Å². The van der Waals surface area contributed by atoms with Crippen LogP contribution in [0, 0.1) is 12.3 Å². The van der Waals surface area contributed by atoms with Gasteiger partial charge in [0.15, 0.2) is 5.60 Å². The molecule has 13 heavy (non-hydrogen) atoms. The summed E-state index contributed by atoms with van der Waals surface area (Å²) in [5, 5.41) is 13.4. The summed E-state index contributed by atoms with van der Waals surface area (Å²) in [6.45, 7) is 1.44. The first-order valence-electron chi connectivity index (χ1n) is 3.72. The molecule has 1 unspecified atom stereocenters. The first kappa shape index (κ1) is 9.49. The lowest BCUT2D eigenvalue weighted by molar-refractivity contribution is 0.115. The van der Waals surface area contributed by atoms with E-state index in [-0.39, 0.29) is 11.3 Å². The molecule has 0 saturated carbocycles. The Morgan fingerprint density at radius 1 is 1.69 bits per heavy atom. The smallest absolute Gasteiger partial charge is 0.266 e. The minimum absolute atomic E-state index is 0.239. The number of rotatable bonds is 1. The molecule has 1 rings (SSSR count). The van der Waals surface area contributed by atoms with Crippen LogP contribution in [0.3, 0.4) is 0 Å². The Balaban J connectivity index is 3.28.